The number of ether oxygens (including phenoxy) is 1. The first-order valence-corrected chi connectivity index (χ1v) is 6.48. The largest absolute Gasteiger partial charge is 0.496 e. The van der Waals surface area contributed by atoms with Crippen molar-refractivity contribution in [2.75, 3.05) is 7.11 Å². The van der Waals surface area contributed by atoms with Gasteiger partial charge in [-0.25, -0.2) is 14.8 Å². The third-order valence-electron chi connectivity index (χ3n) is 2.46. The predicted molar refractivity (Wildman–Crippen MR) is 71.5 cm³/mol. The predicted octanol–water partition coefficient (Wildman–Crippen LogP) is 2.48. The number of carboxylic acid groups (broad SMARTS) is 1. The van der Waals surface area contributed by atoms with E-state index in [0.29, 0.717) is 11.5 Å². The summed E-state index contributed by atoms with van der Waals surface area (Å²) in [7, 11) is 1.56. The molecule has 19 heavy (non-hydrogen) atoms. The number of carbonyl (C=O) groups is 1. The van der Waals surface area contributed by atoms with Crippen molar-refractivity contribution in [3.05, 3.63) is 47.9 Å². The van der Waals surface area contributed by atoms with Crippen molar-refractivity contribution in [2.24, 2.45) is 0 Å². The van der Waals surface area contributed by atoms with Gasteiger partial charge in [-0.2, -0.15) is 0 Å². The standard InChI is InChI=1S/C13H12N2O3S/c1-18-11-3-2-9(13(16)17)6-10(11)7-19-12-4-5-14-8-15-12/h2-6,8H,7H2,1H3,(H,16,17). The van der Waals surface area contributed by atoms with E-state index in [1.165, 1.54) is 24.2 Å². The van der Waals surface area contributed by atoms with Gasteiger partial charge in [-0.05, 0) is 24.3 Å². The maximum Gasteiger partial charge on any atom is 0.335 e. The lowest BCUT2D eigenvalue weighted by Gasteiger charge is -2.08. The maximum atomic E-state index is 11.0. The van der Waals surface area contributed by atoms with Gasteiger partial charge in [-0.15, -0.1) is 11.8 Å². The van der Waals surface area contributed by atoms with Crippen molar-refractivity contribution in [2.45, 2.75) is 10.8 Å². The highest BCUT2D eigenvalue weighted by Gasteiger charge is 2.09. The number of aromatic nitrogens is 2. The molecule has 0 saturated heterocycles. The van der Waals surface area contributed by atoms with E-state index in [9.17, 15) is 4.79 Å². The second-order valence-electron chi connectivity index (χ2n) is 3.67. The fraction of sp³-hybridized carbons (Fsp3) is 0.154. The molecule has 2 aromatic rings. The lowest BCUT2D eigenvalue weighted by molar-refractivity contribution is 0.0696. The van der Waals surface area contributed by atoms with Crippen LogP contribution in [0.5, 0.6) is 5.75 Å². The van der Waals surface area contributed by atoms with Crippen LogP contribution in [0.1, 0.15) is 15.9 Å². The first-order chi connectivity index (χ1) is 9.20. The maximum absolute atomic E-state index is 11.0. The van der Waals surface area contributed by atoms with E-state index in [2.05, 4.69) is 9.97 Å². The first kappa shape index (κ1) is 13.4. The summed E-state index contributed by atoms with van der Waals surface area (Å²) in [6.07, 6.45) is 3.15. The molecular formula is C13H12N2O3S. The molecule has 0 radical (unpaired) electrons. The third kappa shape index (κ3) is 3.45. The van der Waals surface area contributed by atoms with Crippen LogP contribution in [-0.2, 0) is 5.75 Å². The number of rotatable bonds is 5. The van der Waals surface area contributed by atoms with Crippen molar-refractivity contribution in [3.63, 3.8) is 0 Å². The van der Waals surface area contributed by atoms with Crippen LogP contribution in [0.4, 0.5) is 0 Å². The van der Waals surface area contributed by atoms with E-state index < -0.39 is 5.97 Å². The van der Waals surface area contributed by atoms with Crippen molar-refractivity contribution in [3.8, 4) is 5.75 Å². The Labute approximate surface area is 114 Å². The highest BCUT2D eigenvalue weighted by Crippen LogP contribution is 2.27. The highest BCUT2D eigenvalue weighted by molar-refractivity contribution is 7.98. The number of hydrogen-bond acceptors (Lipinski definition) is 5. The van der Waals surface area contributed by atoms with Crippen LogP contribution in [0.15, 0.2) is 41.8 Å². The number of benzene rings is 1. The van der Waals surface area contributed by atoms with E-state index in [4.69, 9.17) is 9.84 Å². The van der Waals surface area contributed by atoms with Crippen LogP contribution in [0, 0.1) is 0 Å². The molecule has 0 unspecified atom stereocenters. The second kappa shape index (κ2) is 6.19. The number of carboxylic acids is 1. The Morgan fingerprint density at radius 3 is 2.89 bits per heavy atom. The van der Waals surface area contributed by atoms with Gasteiger partial charge in [0, 0.05) is 17.5 Å². The molecule has 6 heteroatoms. The summed E-state index contributed by atoms with van der Waals surface area (Å²) in [6.45, 7) is 0. The van der Waals surface area contributed by atoms with E-state index in [1.807, 2.05) is 0 Å². The first-order valence-electron chi connectivity index (χ1n) is 5.49. The molecule has 1 heterocycles. The summed E-state index contributed by atoms with van der Waals surface area (Å²) in [5.41, 5.74) is 1.07. The fourth-order valence-corrected chi connectivity index (χ4v) is 2.35. The zero-order valence-electron chi connectivity index (χ0n) is 10.2. The summed E-state index contributed by atoms with van der Waals surface area (Å²) in [6, 6.07) is 6.62. The van der Waals surface area contributed by atoms with E-state index in [-0.39, 0.29) is 5.56 Å². The summed E-state index contributed by atoms with van der Waals surface area (Å²) in [5, 5.41) is 9.82. The lowest BCUT2D eigenvalue weighted by Crippen LogP contribution is -1.99. The second-order valence-corrected chi connectivity index (χ2v) is 4.66. The Morgan fingerprint density at radius 1 is 1.42 bits per heavy atom. The van der Waals surface area contributed by atoms with Crippen molar-refractivity contribution in [1.82, 2.24) is 9.97 Å². The molecule has 5 nitrogen and oxygen atoms in total. The zero-order chi connectivity index (χ0) is 13.7. The van der Waals surface area contributed by atoms with Gasteiger partial charge >= 0.3 is 5.97 Å². The third-order valence-corrected chi connectivity index (χ3v) is 3.45. The molecule has 0 amide bonds. The van der Waals surface area contributed by atoms with Gasteiger partial charge in [-0.1, -0.05) is 0 Å². The minimum Gasteiger partial charge on any atom is -0.496 e. The monoisotopic (exact) mass is 276 g/mol. The molecule has 0 aliphatic rings. The van der Waals surface area contributed by atoms with Gasteiger partial charge in [0.2, 0.25) is 0 Å². The van der Waals surface area contributed by atoms with E-state index in [0.717, 1.165) is 10.6 Å². The van der Waals surface area contributed by atoms with Crippen molar-refractivity contribution < 1.29 is 14.6 Å². The van der Waals surface area contributed by atoms with Crippen molar-refractivity contribution in [1.29, 1.82) is 0 Å². The molecule has 0 aliphatic heterocycles. The number of nitrogens with zero attached hydrogens (tertiary/aromatic N) is 2. The Balaban J connectivity index is 2.18. The lowest BCUT2D eigenvalue weighted by atomic mass is 10.1. The van der Waals surface area contributed by atoms with Gasteiger partial charge in [0.05, 0.1) is 17.7 Å². The van der Waals surface area contributed by atoms with Crippen LogP contribution in [0.25, 0.3) is 0 Å². The Bertz CT molecular complexity index is 575. The number of thioether (sulfide) groups is 1. The highest BCUT2D eigenvalue weighted by atomic mass is 32.2. The molecule has 1 aromatic carbocycles. The van der Waals surface area contributed by atoms with Gasteiger partial charge in [0.25, 0.3) is 0 Å². The summed E-state index contributed by atoms with van der Waals surface area (Å²) in [4.78, 5) is 18.9. The average Bonchev–Trinajstić information content (AvgIpc) is 2.45. The van der Waals surface area contributed by atoms with E-state index in [1.54, 1.807) is 31.5 Å². The topological polar surface area (TPSA) is 72.3 Å². The molecular weight excluding hydrogens is 264 g/mol. The minimum atomic E-state index is -0.948. The van der Waals surface area contributed by atoms with Crippen LogP contribution < -0.4 is 4.74 Å². The number of hydrogen-bond donors (Lipinski definition) is 1. The zero-order valence-corrected chi connectivity index (χ0v) is 11.1. The van der Waals surface area contributed by atoms with Crippen LogP contribution in [0.3, 0.4) is 0 Å². The average molecular weight is 276 g/mol. The van der Waals surface area contributed by atoms with Crippen molar-refractivity contribution >= 4 is 17.7 Å². The molecule has 2 rings (SSSR count). The molecule has 0 spiro atoms. The summed E-state index contributed by atoms with van der Waals surface area (Å²) < 4.78 is 5.23. The van der Waals surface area contributed by atoms with E-state index >= 15 is 0 Å². The molecule has 1 N–H and O–H groups in total. The normalized spacial score (nSPS) is 10.2. The van der Waals surface area contributed by atoms with Gasteiger partial charge in [0.15, 0.2) is 0 Å². The SMILES string of the molecule is COc1ccc(C(=O)O)cc1CSc1ccncn1. The molecule has 0 aliphatic carbocycles. The Hall–Kier alpha value is -2.08. The van der Waals surface area contributed by atoms with Gasteiger partial charge in [-0.3, -0.25) is 0 Å². The summed E-state index contributed by atoms with van der Waals surface area (Å²) in [5.74, 6) is 0.309. The number of methoxy groups -OCH3 is 1. The van der Waals surface area contributed by atoms with Crippen LogP contribution in [0.2, 0.25) is 0 Å². The molecule has 0 fully saturated rings. The molecule has 98 valence electrons. The van der Waals surface area contributed by atoms with Gasteiger partial charge < -0.3 is 9.84 Å². The molecule has 1 aromatic heterocycles. The smallest absolute Gasteiger partial charge is 0.335 e. The molecule has 0 bridgehead atoms. The van der Waals surface area contributed by atoms with Gasteiger partial charge in [0.1, 0.15) is 12.1 Å². The Kier molecular flexibility index (Phi) is 4.35. The minimum absolute atomic E-state index is 0.249. The molecule has 0 atom stereocenters. The fourth-order valence-electron chi connectivity index (χ4n) is 1.54. The molecule has 0 saturated carbocycles. The van der Waals surface area contributed by atoms with Crippen LogP contribution >= 0.6 is 11.8 Å². The van der Waals surface area contributed by atoms with Crippen LogP contribution in [-0.4, -0.2) is 28.2 Å². The summed E-state index contributed by atoms with van der Waals surface area (Å²) >= 11 is 1.50. The quantitative estimate of drug-likeness (QED) is 0.668. The Morgan fingerprint density at radius 2 is 2.26 bits per heavy atom. The number of aromatic carboxylic acids is 1.